The van der Waals surface area contributed by atoms with E-state index in [1.807, 2.05) is 10.6 Å². The Morgan fingerprint density at radius 3 is 3.14 bits per heavy atom. The van der Waals surface area contributed by atoms with Crippen molar-refractivity contribution in [3.8, 4) is 0 Å². The number of nitrogens with zero attached hydrogens (tertiary/aromatic N) is 2. The van der Waals surface area contributed by atoms with Gasteiger partial charge in [-0.15, -0.1) is 0 Å². The molecule has 0 amide bonds. The maximum absolute atomic E-state index is 5.21. The minimum Gasteiger partial charge on any atom is -0.329 e. The molecule has 14 heavy (non-hydrogen) atoms. The van der Waals surface area contributed by atoms with Gasteiger partial charge in [0.2, 0.25) is 0 Å². The van der Waals surface area contributed by atoms with Crippen LogP contribution in [-0.4, -0.2) is 14.5 Å². The van der Waals surface area contributed by atoms with Gasteiger partial charge in [-0.05, 0) is 40.6 Å². The number of halogens is 1. The van der Waals surface area contributed by atoms with E-state index in [2.05, 4.69) is 32.8 Å². The summed E-state index contributed by atoms with van der Waals surface area (Å²) in [6.45, 7) is 3.03. The van der Waals surface area contributed by atoms with Crippen LogP contribution in [0.5, 0.6) is 0 Å². The molecule has 0 atom stereocenters. The molecule has 0 unspecified atom stereocenters. The van der Waals surface area contributed by atoms with E-state index in [0.717, 1.165) is 33.4 Å². The largest absolute Gasteiger partial charge is 0.329 e. The van der Waals surface area contributed by atoms with E-state index in [0.29, 0.717) is 0 Å². The smallest absolute Gasteiger partial charge is 0.179 e. The van der Waals surface area contributed by atoms with E-state index in [-0.39, 0.29) is 0 Å². The van der Waals surface area contributed by atoms with Crippen LogP contribution in [0.25, 0.3) is 11.2 Å². The van der Waals surface area contributed by atoms with Gasteiger partial charge in [-0.1, -0.05) is 6.92 Å². The number of nitrogens with one attached hydrogen (secondary N) is 1. The van der Waals surface area contributed by atoms with Crippen LogP contribution in [0, 0.1) is 4.77 Å². The van der Waals surface area contributed by atoms with Gasteiger partial charge in [-0.25, -0.2) is 4.98 Å². The van der Waals surface area contributed by atoms with Crippen molar-refractivity contribution in [2.45, 2.75) is 19.9 Å². The molecule has 0 bridgehead atoms. The Morgan fingerprint density at radius 1 is 1.64 bits per heavy atom. The van der Waals surface area contributed by atoms with E-state index in [1.54, 1.807) is 6.20 Å². The number of H-pyrrole nitrogens is 1. The molecule has 2 aromatic heterocycles. The summed E-state index contributed by atoms with van der Waals surface area (Å²) in [5, 5.41) is 0. The number of rotatable bonds is 2. The quantitative estimate of drug-likeness (QED) is 0.851. The summed E-state index contributed by atoms with van der Waals surface area (Å²) in [5.41, 5.74) is 1.91. The second-order valence-corrected chi connectivity index (χ2v) is 4.41. The maximum atomic E-state index is 5.21. The van der Waals surface area contributed by atoms with Gasteiger partial charge >= 0.3 is 0 Å². The number of hydrogen-bond donors (Lipinski definition) is 1. The lowest BCUT2D eigenvalue weighted by Gasteiger charge is -1.99. The zero-order chi connectivity index (χ0) is 10.1. The van der Waals surface area contributed by atoms with Crippen LogP contribution in [0.3, 0.4) is 0 Å². The molecule has 0 fully saturated rings. The highest BCUT2D eigenvalue weighted by atomic mass is 79.9. The van der Waals surface area contributed by atoms with Crippen LogP contribution in [0.4, 0.5) is 0 Å². The van der Waals surface area contributed by atoms with Gasteiger partial charge < -0.3 is 9.55 Å². The third-order valence-corrected chi connectivity index (χ3v) is 2.78. The lowest BCUT2D eigenvalue weighted by atomic mass is 10.4. The third kappa shape index (κ3) is 1.62. The lowest BCUT2D eigenvalue weighted by Crippen LogP contribution is -1.97. The highest BCUT2D eigenvalue weighted by Gasteiger charge is 2.04. The number of fused-ring (bicyclic) bond motifs is 1. The van der Waals surface area contributed by atoms with Crippen LogP contribution in [0.1, 0.15) is 13.3 Å². The maximum Gasteiger partial charge on any atom is 0.179 e. The fourth-order valence-corrected chi connectivity index (χ4v) is 2.07. The summed E-state index contributed by atoms with van der Waals surface area (Å²) in [5.74, 6) is 0. The first kappa shape index (κ1) is 9.86. The highest BCUT2D eigenvalue weighted by Crippen LogP contribution is 2.16. The summed E-state index contributed by atoms with van der Waals surface area (Å²) in [6, 6.07) is 1.99. The van der Waals surface area contributed by atoms with Crippen molar-refractivity contribution in [1.29, 1.82) is 0 Å². The van der Waals surface area contributed by atoms with Crippen LogP contribution >= 0.6 is 28.1 Å². The van der Waals surface area contributed by atoms with Crippen molar-refractivity contribution in [2.75, 3.05) is 0 Å². The zero-order valence-electron chi connectivity index (χ0n) is 7.75. The van der Waals surface area contributed by atoms with E-state index < -0.39 is 0 Å². The van der Waals surface area contributed by atoms with Gasteiger partial charge in [-0.2, -0.15) is 0 Å². The fraction of sp³-hybridized carbons (Fsp3) is 0.333. The molecule has 74 valence electrons. The molecule has 2 rings (SSSR count). The van der Waals surface area contributed by atoms with Crippen LogP contribution in [0.2, 0.25) is 0 Å². The van der Waals surface area contributed by atoms with Crippen LogP contribution in [-0.2, 0) is 6.54 Å². The zero-order valence-corrected chi connectivity index (χ0v) is 10.2. The van der Waals surface area contributed by atoms with Gasteiger partial charge in [0.25, 0.3) is 0 Å². The fourth-order valence-electron chi connectivity index (χ4n) is 1.45. The number of aryl methyl sites for hydroxylation is 1. The molecule has 0 radical (unpaired) electrons. The average Bonchev–Trinajstić information content (AvgIpc) is 2.43. The molecule has 0 aliphatic rings. The van der Waals surface area contributed by atoms with Crippen molar-refractivity contribution in [1.82, 2.24) is 14.5 Å². The number of pyridine rings is 1. The van der Waals surface area contributed by atoms with Gasteiger partial charge in [0.15, 0.2) is 10.4 Å². The van der Waals surface area contributed by atoms with Crippen molar-refractivity contribution in [3.05, 3.63) is 21.5 Å². The predicted octanol–water partition coefficient (Wildman–Crippen LogP) is 3.27. The topological polar surface area (TPSA) is 33.6 Å². The summed E-state index contributed by atoms with van der Waals surface area (Å²) >= 11 is 8.59. The summed E-state index contributed by atoms with van der Waals surface area (Å²) in [7, 11) is 0. The van der Waals surface area contributed by atoms with E-state index >= 15 is 0 Å². The van der Waals surface area contributed by atoms with Crippen molar-refractivity contribution < 1.29 is 0 Å². The van der Waals surface area contributed by atoms with Crippen LogP contribution in [0.15, 0.2) is 16.7 Å². The first-order valence-electron chi connectivity index (χ1n) is 4.46. The molecule has 0 aromatic carbocycles. The number of imidazole rings is 1. The third-order valence-electron chi connectivity index (χ3n) is 2.02. The Morgan fingerprint density at radius 2 is 2.43 bits per heavy atom. The Kier molecular flexibility index (Phi) is 2.69. The summed E-state index contributed by atoms with van der Waals surface area (Å²) in [4.78, 5) is 7.48. The minimum absolute atomic E-state index is 0.743. The molecular formula is C9H10BrN3S. The molecule has 0 saturated heterocycles. The molecule has 3 nitrogen and oxygen atoms in total. The second kappa shape index (κ2) is 3.82. The molecule has 2 aromatic rings. The van der Waals surface area contributed by atoms with Crippen molar-refractivity contribution >= 4 is 39.3 Å². The first-order valence-corrected chi connectivity index (χ1v) is 5.66. The van der Waals surface area contributed by atoms with Gasteiger partial charge in [0, 0.05) is 17.2 Å². The summed E-state index contributed by atoms with van der Waals surface area (Å²) in [6.07, 6.45) is 2.84. The van der Waals surface area contributed by atoms with E-state index in [9.17, 15) is 0 Å². The number of aromatic amines is 1. The Labute approximate surface area is 95.3 Å². The van der Waals surface area contributed by atoms with Crippen LogP contribution < -0.4 is 0 Å². The molecule has 0 spiro atoms. The van der Waals surface area contributed by atoms with E-state index in [4.69, 9.17) is 12.2 Å². The van der Waals surface area contributed by atoms with Crippen molar-refractivity contribution in [2.24, 2.45) is 0 Å². The average molecular weight is 272 g/mol. The standard InChI is InChI=1S/C9H10BrN3S/c1-2-3-13-8-7(12-9(13)14)4-6(10)5-11-8/h4-5H,2-3H2,1H3,(H,12,14). The molecule has 0 saturated carbocycles. The normalized spacial score (nSPS) is 11.0. The highest BCUT2D eigenvalue weighted by molar-refractivity contribution is 9.10. The van der Waals surface area contributed by atoms with Gasteiger partial charge in [0.1, 0.15) is 0 Å². The van der Waals surface area contributed by atoms with Gasteiger partial charge in [0.05, 0.1) is 5.52 Å². The second-order valence-electron chi connectivity index (χ2n) is 3.11. The molecule has 0 aliphatic heterocycles. The molecule has 1 N–H and O–H groups in total. The monoisotopic (exact) mass is 271 g/mol. The lowest BCUT2D eigenvalue weighted by molar-refractivity contribution is 0.683. The number of aromatic nitrogens is 3. The van der Waals surface area contributed by atoms with Gasteiger partial charge in [-0.3, -0.25) is 0 Å². The first-order chi connectivity index (χ1) is 6.72. The molecule has 5 heteroatoms. The number of hydrogen-bond acceptors (Lipinski definition) is 2. The van der Waals surface area contributed by atoms with E-state index in [1.165, 1.54) is 0 Å². The summed E-state index contributed by atoms with van der Waals surface area (Å²) < 4.78 is 3.73. The Bertz CT molecular complexity index is 514. The van der Waals surface area contributed by atoms with Crippen molar-refractivity contribution in [3.63, 3.8) is 0 Å². The molecule has 0 aliphatic carbocycles. The Hall–Kier alpha value is -0.680. The SMILES string of the molecule is CCCn1c(=S)[nH]c2cc(Br)cnc21. The molecule has 2 heterocycles. The molecular weight excluding hydrogens is 262 g/mol. The predicted molar refractivity (Wildman–Crippen MR) is 62.9 cm³/mol. The minimum atomic E-state index is 0.743. The Balaban J connectivity index is 2.71.